The molecule has 11 nitrogen and oxygen atoms in total. The van der Waals surface area contributed by atoms with Gasteiger partial charge in [-0.3, -0.25) is 14.9 Å². The Bertz CT molecular complexity index is 2020. The summed E-state index contributed by atoms with van der Waals surface area (Å²) in [5.41, 5.74) is 2.72. The summed E-state index contributed by atoms with van der Waals surface area (Å²) in [6.07, 6.45) is 11.4. The van der Waals surface area contributed by atoms with Gasteiger partial charge in [-0.25, -0.2) is 23.4 Å². The average molecular weight is 717 g/mol. The van der Waals surface area contributed by atoms with Crippen LogP contribution >= 0.6 is 0 Å². The fourth-order valence-electron chi connectivity index (χ4n) is 7.74. The van der Waals surface area contributed by atoms with Crippen LogP contribution in [0.1, 0.15) is 50.5 Å². The molecule has 14 heteroatoms. The van der Waals surface area contributed by atoms with Crippen LogP contribution in [0.5, 0.6) is 11.8 Å². The van der Waals surface area contributed by atoms with Gasteiger partial charge in [-0.1, -0.05) is 18.4 Å². The number of hydrazine groups is 1. The van der Waals surface area contributed by atoms with Crippen molar-refractivity contribution in [2.45, 2.75) is 56.7 Å². The van der Waals surface area contributed by atoms with Crippen LogP contribution in [0.25, 0.3) is 32.9 Å². The summed E-state index contributed by atoms with van der Waals surface area (Å²) in [5.74, 6) is 1.43. The number of terminal acetylenes is 1. The van der Waals surface area contributed by atoms with Crippen molar-refractivity contribution in [2.24, 2.45) is 0 Å². The molecule has 1 amide bonds. The first kappa shape index (κ1) is 35.7. The Morgan fingerprint density at radius 3 is 2.88 bits per heavy atom. The van der Waals surface area contributed by atoms with Crippen LogP contribution in [-0.4, -0.2) is 103 Å². The van der Waals surface area contributed by atoms with Crippen molar-refractivity contribution in [3.05, 3.63) is 47.7 Å². The van der Waals surface area contributed by atoms with Crippen LogP contribution in [0.3, 0.4) is 0 Å². The summed E-state index contributed by atoms with van der Waals surface area (Å²) in [5, 5.41) is 5.91. The van der Waals surface area contributed by atoms with Crippen molar-refractivity contribution in [3.8, 4) is 35.4 Å². The monoisotopic (exact) mass is 716 g/mol. The van der Waals surface area contributed by atoms with Gasteiger partial charge in [0.1, 0.15) is 35.6 Å². The topological polar surface area (TPSA) is 108 Å². The molecule has 0 spiro atoms. The summed E-state index contributed by atoms with van der Waals surface area (Å²) in [4.78, 5) is 30.5. The minimum Gasteiger partial charge on any atom is -0.461 e. The van der Waals surface area contributed by atoms with E-state index in [-0.39, 0.29) is 46.1 Å². The summed E-state index contributed by atoms with van der Waals surface area (Å²) < 4.78 is 58.9. The standard InChI is InChI=1S/C38H43F3N8O3/c1-4-27-30(40)11-10-24-18-26(52-37(50)47(3)15-9-13-42-2)19-28(31(24)27)33-32(41)34-29(21-43-33)35(49-17-7-5-6-14-44-49)46-36(45-34)51-23-38-12-8-16-48(38)22-25(39)20-38/h1,10-11,18-19,21,25,42,44H,5-9,12-17,20,22-23H2,2-3H3/t25-,38+/m1/s1. The number of halogens is 3. The molecule has 0 unspecified atom stereocenters. The maximum absolute atomic E-state index is 17.2. The summed E-state index contributed by atoms with van der Waals surface area (Å²) in [6, 6.07) is 5.67. The second-order valence-corrected chi connectivity index (χ2v) is 13.9. The molecular formula is C38H43F3N8O3. The van der Waals surface area contributed by atoms with Crippen molar-refractivity contribution >= 4 is 33.6 Å². The van der Waals surface area contributed by atoms with E-state index in [9.17, 15) is 9.18 Å². The lowest BCUT2D eigenvalue weighted by Gasteiger charge is -2.31. The fourth-order valence-corrected chi connectivity index (χ4v) is 7.74. The third-order valence-corrected chi connectivity index (χ3v) is 10.4. The Morgan fingerprint density at radius 1 is 1.19 bits per heavy atom. The predicted octanol–water partition coefficient (Wildman–Crippen LogP) is 5.59. The number of pyridine rings is 1. The molecule has 3 saturated heterocycles. The molecular weight excluding hydrogens is 673 g/mol. The third-order valence-electron chi connectivity index (χ3n) is 10.4. The van der Waals surface area contributed by atoms with Gasteiger partial charge in [-0.15, -0.1) is 6.42 Å². The molecule has 274 valence electrons. The molecule has 0 bridgehead atoms. The zero-order valence-electron chi connectivity index (χ0n) is 29.5. The van der Waals surface area contributed by atoms with E-state index >= 15 is 8.78 Å². The number of nitrogens with one attached hydrogen (secondary N) is 2. The van der Waals surface area contributed by atoms with Gasteiger partial charge < -0.3 is 19.7 Å². The zero-order valence-corrected chi connectivity index (χ0v) is 29.5. The normalized spacial score (nSPS) is 20.5. The molecule has 52 heavy (non-hydrogen) atoms. The van der Waals surface area contributed by atoms with Gasteiger partial charge in [0.15, 0.2) is 11.6 Å². The summed E-state index contributed by atoms with van der Waals surface area (Å²) >= 11 is 0. The van der Waals surface area contributed by atoms with Gasteiger partial charge in [0, 0.05) is 56.8 Å². The van der Waals surface area contributed by atoms with Gasteiger partial charge >= 0.3 is 12.1 Å². The Labute approximate surface area is 300 Å². The molecule has 0 aliphatic carbocycles. The van der Waals surface area contributed by atoms with Gasteiger partial charge in [0.2, 0.25) is 0 Å². The Balaban J connectivity index is 1.34. The third kappa shape index (κ3) is 6.92. The van der Waals surface area contributed by atoms with Gasteiger partial charge in [0.05, 0.1) is 16.5 Å². The van der Waals surface area contributed by atoms with Crippen LogP contribution in [0.4, 0.5) is 23.8 Å². The number of alkyl halides is 1. The van der Waals surface area contributed by atoms with E-state index in [1.54, 1.807) is 13.1 Å². The van der Waals surface area contributed by atoms with E-state index < -0.39 is 29.4 Å². The Kier molecular flexibility index (Phi) is 10.4. The van der Waals surface area contributed by atoms with E-state index in [2.05, 4.69) is 31.5 Å². The first-order chi connectivity index (χ1) is 25.2. The van der Waals surface area contributed by atoms with Crippen LogP contribution in [-0.2, 0) is 0 Å². The fraction of sp³-hybridized carbons (Fsp3) is 0.474. The first-order valence-electron chi connectivity index (χ1n) is 17.9. The summed E-state index contributed by atoms with van der Waals surface area (Å²) in [6.45, 7) is 3.80. The minimum atomic E-state index is -0.939. The quantitative estimate of drug-likeness (QED) is 0.159. The number of hydrogen-bond acceptors (Lipinski definition) is 10. The van der Waals surface area contributed by atoms with Crippen LogP contribution < -0.4 is 25.2 Å². The maximum Gasteiger partial charge on any atom is 0.414 e. The van der Waals surface area contributed by atoms with Crippen molar-refractivity contribution < 1.29 is 27.4 Å². The molecule has 3 aliphatic rings. The van der Waals surface area contributed by atoms with Crippen molar-refractivity contribution in [3.63, 3.8) is 0 Å². The highest BCUT2D eigenvalue weighted by molar-refractivity contribution is 6.03. The number of nitrogens with zero attached hydrogens (tertiary/aromatic N) is 6. The van der Waals surface area contributed by atoms with E-state index in [0.717, 1.165) is 38.6 Å². The highest BCUT2D eigenvalue weighted by Gasteiger charge is 2.49. The molecule has 3 fully saturated rings. The van der Waals surface area contributed by atoms with Crippen LogP contribution in [0, 0.1) is 24.0 Å². The van der Waals surface area contributed by atoms with E-state index in [1.165, 1.54) is 29.3 Å². The van der Waals surface area contributed by atoms with Gasteiger partial charge in [0.25, 0.3) is 0 Å². The second-order valence-electron chi connectivity index (χ2n) is 13.9. The molecule has 2 aromatic carbocycles. The highest BCUT2D eigenvalue weighted by atomic mass is 19.1. The highest BCUT2D eigenvalue weighted by Crippen LogP contribution is 2.42. The van der Waals surface area contributed by atoms with Crippen molar-refractivity contribution in [1.29, 1.82) is 0 Å². The zero-order chi connectivity index (χ0) is 36.4. The molecule has 7 rings (SSSR count). The van der Waals surface area contributed by atoms with Crippen molar-refractivity contribution in [1.82, 2.24) is 35.5 Å². The lowest BCUT2D eigenvalue weighted by molar-refractivity contribution is 0.107. The average Bonchev–Trinajstić information content (AvgIpc) is 3.52. The van der Waals surface area contributed by atoms with E-state index in [4.69, 9.17) is 20.9 Å². The largest absolute Gasteiger partial charge is 0.461 e. The number of benzene rings is 2. The van der Waals surface area contributed by atoms with Crippen molar-refractivity contribution in [2.75, 3.05) is 65.0 Å². The minimum absolute atomic E-state index is 0.0441. The molecule has 4 aromatic rings. The number of fused-ring (bicyclic) bond motifs is 3. The molecule has 2 atom stereocenters. The van der Waals surface area contributed by atoms with Gasteiger partial charge in [-0.05, 0) is 75.8 Å². The number of aromatic nitrogens is 3. The number of carbonyl (C=O) groups is 1. The lowest BCUT2D eigenvalue weighted by atomic mass is 9.95. The number of ether oxygens (including phenoxy) is 2. The molecule has 2 N–H and O–H groups in total. The number of hydrogen-bond donors (Lipinski definition) is 2. The number of rotatable bonds is 10. The number of anilines is 1. The predicted molar refractivity (Wildman–Crippen MR) is 193 cm³/mol. The molecule has 0 saturated carbocycles. The first-order valence-corrected chi connectivity index (χ1v) is 17.9. The Hall–Kier alpha value is -4.71. The molecule has 0 radical (unpaired) electrons. The van der Waals surface area contributed by atoms with Gasteiger partial charge in [-0.2, -0.15) is 9.97 Å². The Morgan fingerprint density at radius 2 is 2.06 bits per heavy atom. The second kappa shape index (κ2) is 15.1. The smallest absolute Gasteiger partial charge is 0.414 e. The van der Waals surface area contributed by atoms with E-state index in [1.807, 2.05) is 12.1 Å². The lowest BCUT2D eigenvalue weighted by Crippen LogP contribution is -2.43. The van der Waals surface area contributed by atoms with E-state index in [0.29, 0.717) is 62.2 Å². The molecule has 5 heterocycles. The maximum atomic E-state index is 17.2. The summed E-state index contributed by atoms with van der Waals surface area (Å²) in [7, 11) is 3.45. The molecule has 3 aliphatic heterocycles. The number of carbonyl (C=O) groups excluding carboxylic acids is 1. The molecule has 2 aromatic heterocycles. The van der Waals surface area contributed by atoms with Crippen LogP contribution in [0.2, 0.25) is 0 Å². The van der Waals surface area contributed by atoms with Crippen LogP contribution in [0.15, 0.2) is 30.5 Å². The number of amides is 1. The SMILES string of the molecule is C#Cc1c(F)ccc2cc(OC(=O)N(C)CCCNC)cc(-c3ncc4c(N5CCCCCN5)nc(OC[C@@]56CCCN5C[C@H](F)C6)nc4c3F)c12.